The van der Waals surface area contributed by atoms with Gasteiger partial charge in [-0.25, -0.2) is 4.98 Å². The predicted octanol–water partition coefficient (Wildman–Crippen LogP) is 5.75. The minimum Gasteiger partial charge on any atom is -0.339 e. The van der Waals surface area contributed by atoms with Gasteiger partial charge in [0, 0.05) is 34.3 Å². The molecule has 150 valence electrons. The number of fused-ring (bicyclic) bond motifs is 1. The summed E-state index contributed by atoms with van der Waals surface area (Å²) >= 11 is 12.0. The molecule has 2 aromatic carbocycles. The quantitative estimate of drug-likeness (QED) is 0.379. The first-order chi connectivity index (χ1) is 14.4. The van der Waals surface area contributed by atoms with Crippen LogP contribution in [0, 0.1) is 0 Å². The number of carbonyl (C=O) groups excluding carboxylic acids is 2. The molecule has 0 aliphatic rings. The van der Waals surface area contributed by atoms with Crippen LogP contribution in [0.5, 0.6) is 0 Å². The summed E-state index contributed by atoms with van der Waals surface area (Å²) in [6.07, 6.45) is 1.57. The maximum absolute atomic E-state index is 12.5. The van der Waals surface area contributed by atoms with E-state index in [1.165, 1.54) is 13.0 Å². The monoisotopic (exact) mass is 438 g/mol. The van der Waals surface area contributed by atoms with Crippen molar-refractivity contribution in [1.29, 1.82) is 0 Å². The lowest BCUT2D eigenvalue weighted by molar-refractivity contribution is -0.114. The number of H-pyrrole nitrogens is 1. The third-order valence-electron chi connectivity index (χ3n) is 4.40. The van der Waals surface area contributed by atoms with Crippen LogP contribution in [0.15, 0.2) is 60.8 Å². The standard InChI is InChI=1S/C22H16Cl2N4O2/c1-12(29)26-16-4-2-3-13(7-16)20-9-14-8-17(11-25-21(14)28-20)27-22(30)18-6-5-15(23)10-19(18)24/h2-11H,1H3,(H,25,28)(H,26,29)(H,27,30). The smallest absolute Gasteiger partial charge is 0.257 e. The van der Waals surface area contributed by atoms with Gasteiger partial charge in [0.25, 0.3) is 5.91 Å². The molecule has 0 unspecified atom stereocenters. The average molecular weight is 439 g/mol. The Morgan fingerprint density at radius 1 is 0.967 bits per heavy atom. The number of rotatable bonds is 4. The summed E-state index contributed by atoms with van der Waals surface area (Å²) in [5, 5.41) is 7.13. The Morgan fingerprint density at radius 3 is 2.57 bits per heavy atom. The summed E-state index contributed by atoms with van der Waals surface area (Å²) < 4.78 is 0. The van der Waals surface area contributed by atoms with Crippen LogP contribution in [-0.4, -0.2) is 21.8 Å². The number of anilines is 2. The van der Waals surface area contributed by atoms with Gasteiger partial charge in [0.15, 0.2) is 0 Å². The zero-order chi connectivity index (χ0) is 21.3. The molecule has 4 rings (SSSR count). The van der Waals surface area contributed by atoms with Crippen LogP contribution in [0.4, 0.5) is 11.4 Å². The molecular weight excluding hydrogens is 423 g/mol. The molecule has 2 aromatic heterocycles. The van der Waals surface area contributed by atoms with E-state index in [1.54, 1.807) is 18.3 Å². The molecule has 6 nitrogen and oxygen atoms in total. The van der Waals surface area contributed by atoms with Gasteiger partial charge in [-0.05, 0) is 42.5 Å². The minimum atomic E-state index is -0.350. The molecule has 0 spiro atoms. The number of amides is 2. The molecule has 3 N–H and O–H groups in total. The summed E-state index contributed by atoms with van der Waals surface area (Å²) in [6.45, 7) is 1.46. The molecule has 4 aromatic rings. The predicted molar refractivity (Wildman–Crippen MR) is 120 cm³/mol. The summed E-state index contributed by atoms with van der Waals surface area (Å²) in [5.41, 5.74) is 3.99. The Kier molecular flexibility index (Phi) is 5.44. The van der Waals surface area contributed by atoms with Crippen molar-refractivity contribution in [3.05, 3.63) is 76.4 Å². The number of aromatic amines is 1. The number of aromatic nitrogens is 2. The second-order valence-corrected chi connectivity index (χ2v) is 7.53. The van der Waals surface area contributed by atoms with Crippen LogP contribution in [0.3, 0.4) is 0 Å². The number of pyridine rings is 1. The SMILES string of the molecule is CC(=O)Nc1cccc(-c2cc3cc(NC(=O)c4ccc(Cl)cc4Cl)cnc3[nH]2)c1. The van der Waals surface area contributed by atoms with Gasteiger partial charge in [-0.2, -0.15) is 0 Å². The molecule has 0 radical (unpaired) electrons. The lowest BCUT2D eigenvalue weighted by Crippen LogP contribution is -2.12. The van der Waals surface area contributed by atoms with Crippen LogP contribution in [0.1, 0.15) is 17.3 Å². The van der Waals surface area contributed by atoms with E-state index in [-0.39, 0.29) is 16.8 Å². The molecule has 0 bridgehead atoms. The average Bonchev–Trinajstić information content (AvgIpc) is 3.11. The number of carbonyl (C=O) groups is 2. The third kappa shape index (κ3) is 4.30. The Morgan fingerprint density at radius 2 is 1.80 bits per heavy atom. The Labute approximate surface area is 182 Å². The van der Waals surface area contributed by atoms with E-state index in [0.29, 0.717) is 27.6 Å². The maximum atomic E-state index is 12.5. The van der Waals surface area contributed by atoms with Gasteiger partial charge in [0.2, 0.25) is 5.91 Å². The van der Waals surface area contributed by atoms with Crippen molar-refractivity contribution in [3.8, 4) is 11.3 Å². The van der Waals surface area contributed by atoms with Gasteiger partial charge in [-0.1, -0.05) is 35.3 Å². The third-order valence-corrected chi connectivity index (χ3v) is 4.95. The molecule has 0 saturated carbocycles. The number of nitrogens with one attached hydrogen (secondary N) is 3. The zero-order valence-electron chi connectivity index (χ0n) is 15.8. The molecule has 0 aliphatic carbocycles. The van der Waals surface area contributed by atoms with E-state index in [4.69, 9.17) is 23.2 Å². The van der Waals surface area contributed by atoms with E-state index in [0.717, 1.165) is 16.6 Å². The minimum absolute atomic E-state index is 0.133. The van der Waals surface area contributed by atoms with Gasteiger partial charge in [-0.3, -0.25) is 9.59 Å². The molecule has 0 atom stereocenters. The molecule has 0 saturated heterocycles. The van der Waals surface area contributed by atoms with E-state index < -0.39 is 0 Å². The molecule has 0 fully saturated rings. The molecule has 30 heavy (non-hydrogen) atoms. The highest BCUT2D eigenvalue weighted by Gasteiger charge is 2.12. The van der Waals surface area contributed by atoms with E-state index in [9.17, 15) is 9.59 Å². The van der Waals surface area contributed by atoms with E-state index >= 15 is 0 Å². The van der Waals surface area contributed by atoms with Gasteiger partial charge >= 0.3 is 0 Å². The largest absolute Gasteiger partial charge is 0.339 e. The molecule has 8 heteroatoms. The topological polar surface area (TPSA) is 86.9 Å². The normalized spacial score (nSPS) is 10.8. The van der Waals surface area contributed by atoms with Crippen LogP contribution in [0.25, 0.3) is 22.3 Å². The Hall–Kier alpha value is -3.35. The first kappa shape index (κ1) is 19.9. The Balaban J connectivity index is 1.60. The lowest BCUT2D eigenvalue weighted by Gasteiger charge is -2.06. The maximum Gasteiger partial charge on any atom is 0.257 e. The fourth-order valence-electron chi connectivity index (χ4n) is 3.08. The van der Waals surface area contributed by atoms with Gasteiger partial charge < -0.3 is 15.6 Å². The van der Waals surface area contributed by atoms with Crippen molar-refractivity contribution in [2.24, 2.45) is 0 Å². The van der Waals surface area contributed by atoms with Crippen LogP contribution in [-0.2, 0) is 4.79 Å². The number of hydrogen-bond donors (Lipinski definition) is 3. The summed E-state index contributed by atoms with van der Waals surface area (Å²) in [7, 11) is 0. The van der Waals surface area contributed by atoms with Crippen molar-refractivity contribution in [3.63, 3.8) is 0 Å². The van der Waals surface area contributed by atoms with Crippen LogP contribution < -0.4 is 10.6 Å². The van der Waals surface area contributed by atoms with Gasteiger partial charge in [-0.15, -0.1) is 0 Å². The molecular formula is C22H16Cl2N4O2. The lowest BCUT2D eigenvalue weighted by atomic mass is 10.1. The van der Waals surface area contributed by atoms with Crippen LogP contribution in [0.2, 0.25) is 10.0 Å². The number of nitrogens with zero attached hydrogens (tertiary/aromatic N) is 1. The molecule has 0 aliphatic heterocycles. The van der Waals surface area contributed by atoms with Crippen molar-refractivity contribution < 1.29 is 9.59 Å². The highest BCUT2D eigenvalue weighted by atomic mass is 35.5. The second-order valence-electron chi connectivity index (χ2n) is 6.69. The second kappa shape index (κ2) is 8.18. The molecule has 2 amide bonds. The van der Waals surface area contributed by atoms with Crippen molar-refractivity contribution >= 4 is 57.4 Å². The summed E-state index contributed by atoms with van der Waals surface area (Å²) in [6, 6.07) is 15.9. The van der Waals surface area contributed by atoms with E-state index in [1.807, 2.05) is 36.4 Å². The van der Waals surface area contributed by atoms with Crippen molar-refractivity contribution in [2.75, 3.05) is 10.6 Å². The summed E-state index contributed by atoms with van der Waals surface area (Å²) in [4.78, 5) is 31.5. The van der Waals surface area contributed by atoms with Crippen molar-refractivity contribution in [2.45, 2.75) is 6.92 Å². The number of hydrogen-bond acceptors (Lipinski definition) is 3. The summed E-state index contributed by atoms with van der Waals surface area (Å²) in [5.74, 6) is -0.483. The fourth-order valence-corrected chi connectivity index (χ4v) is 3.57. The molecule has 2 heterocycles. The number of benzene rings is 2. The Bertz CT molecular complexity index is 1280. The first-order valence-corrected chi connectivity index (χ1v) is 9.78. The van der Waals surface area contributed by atoms with E-state index in [2.05, 4.69) is 20.6 Å². The highest BCUT2D eigenvalue weighted by Crippen LogP contribution is 2.27. The van der Waals surface area contributed by atoms with Crippen molar-refractivity contribution in [1.82, 2.24) is 9.97 Å². The van der Waals surface area contributed by atoms with Gasteiger partial charge in [0.1, 0.15) is 5.65 Å². The van der Waals surface area contributed by atoms with Gasteiger partial charge in [0.05, 0.1) is 22.5 Å². The number of halogens is 2. The first-order valence-electron chi connectivity index (χ1n) is 9.02. The highest BCUT2D eigenvalue weighted by molar-refractivity contribution is 6.37. The zero-order valence-corrected chi connectivity index (χ0v) is 17.3. The fraction of sp³-hybridized carbons (Fsp3) is 0.0455. The van der Waals surface area contributed by atoms with Crippen LogP contribution >= 0.6 is 23.2 Å².